The second-order valence-electron chi connectivity index (χ2n) is 2.75. The molecule has 68 valence electrons. The van der Waals surface area contributed by atoms with Crippen molar-refractivity contribution in [1.29, 1.82) is 0 Å². The highest BCUT2D eigenvalue weighted by molar-refractivity contribution is 7.84. The average molecular weight is 214 g/mol. The highest BCUT2D eigenvalue weighted by Crippen LogP contribution is 2.15. The van der Waals surface area contributed by atoms with Crippen LogP contribution in [0.2, 0.25) is 0 Å². The second kappa shape index (κ2) is 2.78. The Bertz CT molecular complexity index is 542. The molecule has 0 spiro atoms. The summed E-state index contributed by atoms with van der Waals surface area (Å²) in [5.41, 5.74) is 2.36. The first-order valence-corrected chi connectivity index (χ1v) is 6.40. The molecule has 0 bridgehead atoms. The first-order valence-electron chi connectivity index (χ1n) is 3.67. The number of para-hydroxylation sites is 1. The largest absolute Gasteiger partial charge is 0.367 e. The van der Waals surface area contributed by atoms with E-state index < -0.39 is 10.0 Å². The minimum absolute atomic E-state index is 0.745. The molecule has 1 heterocycles. The van der Waals surface area contributed by atoms with Crippen molar-refractivity contribution in [3.05, 3.63) is 29.8 Å². The quantitative estimate of drug-likeness (QED) is 0.664. The van der Waals surface area contributed by atoms with Gasteiger partial charge in [0, 0.05) is 6.07 Å². The van der Waals surface area contributed by atoms with Gasteiger partial charge in [0.25, 0.3) is 0 Å². The molecule has 0 aliphatic heterocycles. The number of nitrogens with zero attached hydrogens (tertiary/aromatic N) is 1. The molecule has 1 aromatic heterocycles. The molecule has 0 aliphatic carbocycles. The highest BCUT2D eigenvalue weighted by atomic mass is 32.2. The zero-order valence-corrected chi connectivity index (χ0v) is 8.60. The molecular weight excluding hydrogens is 206 g/mol. The molecule has 0 atom stereocenters. The Morgan fingerprint density at radius 1 is 1.31 bits per heavy atom. The number of rotatable bonds is 1. The van der Waals surface area contributed by atoms with E-state index in [1.165, 1.54) is 21.6 Å². The van der Waals surface area contributed by atoms with Crippen LogP contribution < -0.4 is 3.97 Å². The number of fused-ring (bicyclic) bond motifs is 1. The van der Waals surface area contributed by atoms with Gasteiger partial charge in [-0.25, -0.2) is 0 Å². The van der Waals surface area contributed by atoms with Gasteiger partial charge in [-0.15, -0.1) is 0 Å². The zero-order valence-electron chi connectivity index (χ0n) is 6.97. The zero-order chi connectivity index (χ0) is 9.47. The van der Waals surface area contributed by atoms with Crippen molar-refractivity contribution in [3.8, 4) is 0 Å². The summed E-state index contributed by atoms with van der Waals surface area (Å²) in [5.74, 6) is 0. The topological polar surface area (TPSA) is 38.0 Å². The van der Waals surface area contributed by atoms with Crippen molar-refractivity contribution in [1.82, 2.24) is 0 Å². The summed E-state index contributed by atoms with van der Waals surface area (Å²) in [5, 5.41) is 0. The fourth-order valence-electron chi connectivity index (χ4n) is 1.16. The van der Waals surface area contributed by atoms with Gasteiger partial charge in [0.05, 0.1) is 6.26 Å². The lowest BCUT2D eigenvalue weighted by atomic mass is 10.3. The van der Waals surface area contributed by atoms with E-state index in [9.17, 15) is 8.42 Å². The van der Waals surface area contributed by atoms with Crippen molar-refractivity contribution in [2.45, 2.75) is 0 Å². The average Bonchev–Trinajstić information content (AvgIpc) is 2.45. The lowest BCUT2D eigenvalue weighted by Crippen LogP contribution is -2.39. The second-order valence-corrected chi connectivity index (χ2v) is 5.50. The molecule has 0 amide bonds. The van der Waals surface area contributed by atoms with Crippen LogP contribution in [-0.2, 0) is 10.0 Å². The molecule has 2 aromatic rings. The first-order chi connectivity index (χ1) is 6.09. The van der Waals surface area contributed by atoms with Gasteiger partial charge in [0.1, 0.15) is 4.70 Å². The van der Waals surface area contributed by atoms with Crippen molar-refractivity contribution >= 4 is 31.6 Å². The van der Waals surface area contributed by atoms with Gasteiger partial charge in [-0.3, -0.25) is 0 Å². The maximum Gasteiger partial charge on any atom is 0.367 e. The molecule has 0 saturated carbocycles. The van der Waals surface area contributed by atoms with E-state index in [4.69, 9.17) is 0 Å². The predicted molar refractivity (Wildman–Crippen MR) is 52.3 cm³/mol. The predicted octanol–water partition coefficient (Wildman–Crippen LogP) is 0.996. The van der Waals surface area contributed by atoms with E-state index in [1.807, 2.05) is 18.2 Å². The summed E-state index contributed by atoms with van der Waals surface area (Å²) in [6, 6.07) is 7.43. The van der Waals surface area contributed by atoms with E-state index in [-0.39, 0.29) is 0 Å². The van der Waals surface area contributed by atoms with Crippen molar-refractivity contribution in [2.75, 3.05) is 6.26 Å². The van der Waals surface area contributed by atoms with Crippen LogP contribution >= 0.6 is 11.3 Å². The molecule has 0 fully saturated rings. The lowest BCUT2D eigenvalue weighted by Gasteiger charge is -1.87. The third kappa shape index (κ3) is 1.45. The molecule has 2 rings (SSSR count). The Morgan fingerprint density at radius 2 is 2.00 bits per heavy atom. The monoisotopic (exact) mass is 214 g/mol. The van der Waals surface area contributed by atoms with E-state index in [1.54, 1.807) is 11.6 Å². The standard InChI is InChI=1S/C8H8NO2S2/c1-13(10,11)9-6-12-8-5-3-2-4-7(8)9/h2-6H,1H3/q+1. The third-order valence-corrected chi connectivity index (χ3v) is 3.80. The smallest absolute Gasteiger partial charge is 0.163 e. The Morgan fingerprint density at radius 3 is 2.69 bits per heavy atom. The molecule has 13 heavy (non-hydrogen) atoms. The molecule has 0 radical (unpaired) electrons. The van der Waals surface area contributed by atoms with Crippen LogP contribution in [0.3, 0.4) is 0 Å². The van der Waals surface area contributed by atoms with Crippen LogP contribution in [0.15, 0.2) is 29.8 Å². The fourth-order valence-corrected chi connectivity index (χ4v) is 3.25. The summed E-state index contributed by atoms with van der Waals surface area (Å²) >= 11 is 1.42. The van der Waals surface area contributed by atoms with Crippen LogP contribution in [0.1, 0.15) is 0 Å². The van der Waals surface area contributed by atoms with Crippen molar-refractivity contribution < 1.29 is 12.4 Å². The minimum Gasteiger partial charge on any atom is -0.163 e. The normalized spacial score (nSPS) is 12.1. The van der Waals surface area contributed by atoms with Gasteiger partial charge in [-0.1, -0.05) is 27.4 Å². The number of thiazole rings is 1. The molecule has 3 nitrogen and oxygen atoms in total. The van der Waals surface area contributed by atoms with Crippen LogP contribution in [0.25, 0.3) is 10.2 Å². The summed E-state index contributed by atoms with van der Waals surface area (Å²) in [6.45, 7) is 0. The van der Waals surface area contributed by atoms with Gasteiger partial charge >= 0.3 is 10.0 Å². The van der Waals surface area contributed by atoms with Crippen LogP contribution in [0, 0.1) is 0 Å². The number of hydrogen-bond acceptors (Lipinski definition) is 3. The van der Waals surface area contributed by atoms with Gasteiger partial charge in [-0.05, 0) is 6.07 Å². The maximum absolute atomic E-state index is 11.3. The third-order valence-electron chi connectivity index (χ3n) is 1.74. The van der Waals surface area contributed by atoms with E-state index in [2.05, 4.69) is 0 Å². The van der Waals surface area contributed by atoms with Gasteiger partial charge in [-0.2, -0.15) is 8.42 Å². The number of benzene rings is 1. The summed E-state index contributed by atoms with van der Waals surface area (Å²) in [6.07, 6.45) is 1.20. The Hall–Kier alpha value is -0.940. The summed E-state index contributed by atoms with van der Waals surface area (Å²) in [4.78, 5) is 0. The van der Waals surface area contributed by atoms with Crippen LogP contribution in [-0.4, -0.2) is 14.7 Å². The molecule has 0 aliphatic rings. The SMILES string of the molecule is CS(=O)(=O)[n+]1csc2ccccc21. The molecular formula is C8H8NO2S2+. The Labute approximate surface area is 80.3 Å². The summed E-state index contributed by atoms with van der Waals surface area (Å²) < 4.78 is 24.8. The maximum atomic E-state index is 11.3. The van der Waals surface area contributed by atoms with Gasteiger partial charge in [0.15, 0.2) is 0 Å². The fraction of sp³-hybridized carbons (Fsp3) is 0.125. The molecule has 0 N–H and O–H groups in total. The van der Waals surface area contributed by atoms with Crippen molar-refractivity contribution in [2.24, 2.45) is 0 Å². The Kier molecular flexibility index (Phi) is 1.85. The summed E-state index contributed by atoms with van der Waals surface area (Å²) in [7, 11) is -3.16. The van der Waals surface area contributed by atoms with Crippen LogP contribution in [0.4, 0.5) is 0 Å². The molecule has 0 saturated heterocycles. The first kappa shape index (κ1) is 8.65. The van der Waals surface area contributed by atoms with Gasteiger partial charge < -0.3 is 0 Å². The van der Waals surface area contributed by atoms with Crippen molar-refractivity contribution in [3.63, 3.8) is 0 Å². The van der Waals surface area contributed by atoms with Crippen LogP contribution in [0.5, 0.6) is 0 Å². The minimum atomic E-state index is -3.16. The molecule has 0 unspecified atom stereocenters. The van der Waals surface area contributed by atoms with E-state index >= 15 is 0 Å². The Balaban J connectivity index is 2.87. The van der Waals surface area contributed by atoms with E-state index in [0.29, 0.717) is 0 Å². The molecule has 1 aromatic carbocycles. The lowest BCUT2D eigenvalue weighted by molar-refractivity contribution is -0.474. The van der Waals surface area contributed by atoms with E-state index in [0.717, 1.165) is 10.2 Å². The van der Waals surface area contributed by atoms with Gasteiger partial charge in [0.2, 0.25) is 11.0 Å². The number of aromatic nitrogens is 1. The number of hydrogen-bond donors (Lipinski definition) is 0. The highest BCUT2D eigenvalue weighted by Gasteiger charge is 2.20. The molecule has 5 heteroatoms.